The maximum Gasteiger partial charge on any atom is 0.483 e. The van der Waals surface area contributed by atoms with E-state index >= 15 is 0 Å². The molecule has 0 saturated carbocycles. The average Bonchev–Trinajstić information content (AvgIpc) is 3.14. The zero-order chi connectivity index (χ0) is 45.3. The van der Waals surface area contributed by atoms with Crippen LogP contribution in [0.5, 0.6) is 0 Å². The van der Waals surface area contributed by atoms with Crippen LogP contribution in [0.4, 0.5) is 0 Å². The van der Waals surface area contributed by atoms with Crippen LogP contribution in [0.25, 0.3) is 0 Å². The van der Waals surface area contributed by atoms with Crippen LogP contribution in [-0.2, 0) is 27.2 Å². The fraction of sp³-hybridized carbons (Fsp3) is 0.660. The Morgan fingerprint density at radius 2 is 0.867 bits per heavy atom. The number of hydrogen-bond acceptors (Lipinski definition) is 9. The van der Waals surface area contributed by atoms with Gasteiger partial charge in [-0.05, 0) is 152 Å². The second kappa shape index (κ2) is 30.2. The second-order valence-corrected chi connectivity index (χ2v) is 19.9. The summed E-state index contributed by atoms with van der Waals surface area (Å²) in [6, 6.07) is 0. The minimum Gasteiger partial charge on any atom is -0.394 e. The van der Waals surface area contributed by atoms with Crippen molar-refractivity contribution in [1.29, 1.82) is 0 Å². The summed E-state index contributed by atoms with van der Waals surface area (Å²) in [4.78, 5) is 20.0. The molecule has 0 aromatic rings. The molecule has 13 heteroatoms. The van der Waals surface area contributed by atoms with Crippen molar-refractivity contribution in [2.24, 2.45) is 5.92 Å². The fourth-order valence-corrected chi connectivity index (χ4v) is 8.65. The molecule has 0 radical (unpaired) electrons. The molecule has 7 atom stereocenters. The van der Waals surface area contributed by atoms with Crippen LogP contribution in [-0.4, -0.2) is 62.9 Å². The Hall–Kier alpha value is -1.98. The molecule has 1 aliphatic heterocycles. The summed E-state index contributed by atoms with van der Waals surface area (Å²) in [7, 11) is -10.2. The highest BCUT2D eigenvalue weighted by Crippen LogP contribution is 2.61. The van der Waals surface area contributed by atoms with Gasteiger partial charge in [0.15, 0.2) is 6.29 Å². The molecule has 5 N–H and O–H groups in total. The zero-order valence-electron chi connectivity index (χ0n) is 38.4. The molecule has 1 aliphatic rings. The molecule has 0 aromatic carbocycles. The molecule has 60 heavy (non-hydrogen) atoms. The zero-order valence-corrected chi connectivity index (χ0v) is 40.2. The number of phosphoric acid groups is 2. The summed E-state index contributed by atoms with van der Waals surface area (Å²) in [6.45, 7) is 19.8. The lowest BCUT2D eigenvalue weighted by Crippen LogP contribution is -2.55. The van der Waals surface area contributed by atoms with Gasteiger partial charge in [-0.25, -0.2) is 9.13 Å². The van der Waals surface area contributed by atoms with Gasteiger partial charge in [0, 0.05) is 5.92 Å². The highest BCUT2D eigenvalue weighted by molar-refractivity contribution is 7.61. The van der Waals surface area contributed by atoms with Gasteiger partial charge in [-0.2, -0.15) is 4.31 Å². The van der Waals surface area contributed by atoms with Gasteiger partial charge < -0.3 is 29.8 Å². The minimum absolute atomic E-state index is 0.347. The molecule has 0 bridgehead atoms. The van der Waals surface area contributed by atoms with Gasteiger partial charge in [0.1, 0.15) is 12.2 Å². The van der Waals surface area contributed by atoms with E-state index in [1.54, 1.807) is 6.08 Å². The van der Waals surface area contributed by atoms with Gasteiger partial charge in [0.05, 0.1) is 19.3 Å². The Morgan fingerprint density at radius 1 is 0.533 bits per heavy atom. The normalized spacial score (nSPS) is 23.7. The topological polar surface area (TPSA) is 172 Å². The first-order valence-electron chi connectivity index (χ1n) is 21.7. The predicted molar refractivity (Wildman–Crippen MR) is 245 cm³/mol. The van der Waals surface area contributed by atoms with Crippen LogP contribution in [0.3, 0.4) is 0 Å². The van der Waals surface area contributed by atoms with Crippen LogP contribution >= 0.6 is 15.6 Å². The Morgan fingerprint density at radius 3 is 1.20 bits per heavy atom. The quantitative estimate of drug-likeness (QED) is 0.0357. The molecule has 1 saturated heterocycles. The van der Waals surface area contributed by atoms with E-state index in [9.17, 15) is 34.2 Å². The molecule has 0 amide bonds. The van der Waals surface area contributed by atoms with Crippen LogP contribution in [0.2, 0.25) is 0 Å². The largest absolute Gasteiger partial charge is 0.483 e. The van der Waals surface area contributed by atoms with E-state index < -0.39 is 52.8 Å². The number of allylic oxidation sites excluding steroid dienone is 15. The molecule has 344 valence electrons. The summed E-state index contributed by atoms with van der Waals surface area (Å²) in [5, 5.41) is 29.4. The first-order chi connectivity index (χ1) is 28.1. The molecule has 11 nitrogen and oxygen atoms in total. The predicted octanol–water partition coefficient (Wildman–Crippen LogP) is 12.4. The van der Waals surface area contributed by atoms with Crippen LogP contribution in [0, 0.1) is 5.92 Å². The third-order valence-corrected chi connectivity index (χ3v) is 13.2. The lowest BCUT2D eigenvalue weighted by Gasteiger charge is -2.40. The van der Waals surface area contributed by atoms with E-state index in [1.165, 1.54) is 45.9 Å². The SMILES string of the molecule is CC(C)=CCC/C(C)=C/CC/C(C)=C/CC/C(C)=C\CC/C(C)=C\CC/C(C)=C\CC/C(C)=C\CC/C(C)=C\COP(=O)(O)OP(=O)(O)O[C@H]1OC(CO)[C@@H](O)[C@H](O)C1C. The summed E-state index contributed by atoms with van der Waals surface area (Å²) in [5.41, 5.74) is 10.9. The van der Waals surface area contributed by atoms with Gasteiger partial charge in [0.2, 0.25) is 0 Å². The van der Waals surface area contributed by atoms with Gasteiger partial charge in [0.25, 0.3) is 0 Å². The second-order valence-electron chi connectivity index (χ2n) is 16.9. The van der Waals surface area contributed by atoms with Crippen LogP contribution < -0.4 is 0 Å². The summed E-state index contributed by atoms with van der Waals surface area (Å²) in [6.07, 6.45) is 26.7. The molecule has 4 unspecified atom stereocenters. The molecule has 1 heterocycles. The third-order valence-electron chi connectivity index (χ3n) is 10.6. The van der Waals surface area contributed by atoms with Crippen molar-refractivity contribution in [2.45, 2.75) is 184 Å². The van der Waals surface area contributed by atoms with E-state index in [4.69, 9.17) is 13.8 Å². The number of hydrogen-bond donors (Lipinski definition) is 5. The number of phosphoric ester groups is 2. The van der Waals surface area contributed by atoms with E-state index in [0.29, 0.717) is 6.42 Å². The Bertz CT molecular complexity index is 1630. The van der Waals surface area contributed by atoms with Gasteiger partial charge in [-0.3, -0.25) is 9.05 Å². The van der Waals surface area contributed by atoms with E-state index in [2.05, 4.69) is 102 Å². The van der Waals surface area contributed by atoms with Crippen LogP contribution in [0.1, 0.15) is 159 Å². The van der Waals surface area contributed by atoms with Gasteiger partial charge >= 0.3 is 15.6 Å². The molecule has 1 rings (SSSR count). The van der Waals surface area contributed by atoms with Crippen molar-refractivity contribution < 1.29 is 52.3 Å². The highest BCUT2D eigenvalue weighted by Gasteiger charge is 2.47. The minimum atomic E-state index is -5.22. The lowest BCUT2D eigenvalue weighted by atomic mass is 9.93. The molecular weight excluding hydrogens is 802 g/mol. The van der Waals surface area contributed by atoms with Crippen molar-refractivity contribution >= 4 is 15.6 Å². The van der Waals surface area contributed by atoms with Gasteiger partial charge in [-0.15, -0.1) is 0 Å². The Labute approximate surface area is 363 Å². The van der Waals surface area contributed by atoms with Gasteiger partial charge in [-0.1, -0.05) is 100 Å². The maximum absolute atomic E-state index is 12.4. The molecule has 0 spiro atoms. The first-order valence-corrected chi connectivity index (χ1v) is 24.7. The van der Waals surface area contributed by atoms with E-state index in [1.807, 2.05) is 6.92 Å². The van der Waals surface area contributed by atoms with Crippen LogP contribution in [0.15, 0.2) is 93.2 Å². The van der Waals surface area contributed by atoms with E-state index in [-0.39, 0.29) is 6.61 Å². The number of ether oxygens (including phenoxy) is 1. The number of aliphatic hydroxyl groups excluding tert-OH is 3. The Balaban J connectivity index is 2.33. The summed E-state index contributed by atoms with van der Waals surface area (Å²) < 4.78 is 44.0. The molecular formula is C47H80O11P2. The van der Waals surface area contributed by atoms with E-state index in [0.717, 1.165) is 89.0 Å². The Kier molecular flexibility index (Phi) is 28.2. The third kappa shape index (κ3) is 26.5. The number of rotatable bonds is 29. The average molecular weight is 883 g/mol. The highest BCUT2D eigenvalue weighted by atomic mass is 31.3. The van der Waals surface area contributed by atoms with Crippen molar-refractivity contribution in [3.63, 3.8) is 0 Å². The smallest absolute Gasteiger partial charge is 0.394 e. The van der Waals surface area contributed by atoms with Crippen molar-refractivity contribution in [3.8, 4) is 0 Å². The number of aliphatic hydroxyl groups is 3. The monoisotopic (exact) mass is 883 g/mol. The standard InChI is InChI=1S/C47H80O11P2/c1-35(2)18-11-19-36(3)20-12-21-37(4)22-13-23-38(5)24-14-25-39(6)26-15-27-40(7)28-16-29-41(8)30-17-31-42(9)32-33-55-59(51,52)58-60(53,54)57-47-43(10)45(49)46(50)44(34-48)56-47/h18,20,22,24,26,28,30,32,43-50H,11-17,19,21,23,25,27,29,31,33-34H2,1-10H3,(H,51,52)(H,53,54)/b36-20+,37-22+,38-24-,39-26-,40-28-,41-30-,42-32-/t43?,44?,45-,46-,47-/m1/s1. The molecule has 0 aromatic heterocycles. The summed E-state index contributed by atoms with van der Waals surface area (Å²) in [5.74, 6) is -1.02. The van der Waals surface area contributed by atoms with Crippen molar-refractivity contribution in [3.05, 3.63) is 93.2 Å². The van der Waals surface area contributed by atoms with Crippen molar-refractivity contribution in [2.75, 3.05) is 13.2 Å². The molecule has 1 fully saturated rings. The fourth-order valence-electron chi connectivity index (χ4n) is 6.50. The molecule has 0 aliphatic carbocycles. The lowest BCUT2D eigenvalue weighted by molar-refractivity contribution is -0.259. The first kappa shape index (κ1) is 56.0. The van der Waals surface area contributed by atoms with Crippen molar-refractivity contribution in [1.82, 2.24) is 0 Å². The summed E-state index contributed by atoms with van der Waals surface area (Å²) >= 11 is 0. The maximum atomic E-state index is 12.4.